The Morgan fingerprint density at radius 3 is 2.79 bits per heavy atom. The number of rotatable bonds is 3. The molecule has 2 heterocycles. The molecule has 1 aliphatic heterocycles. The molecule has 1 aromatic heterocycles. The van der Waals surface area contributed by atoms with Crippen LogP contribution in [-0.2, 0) is 0 Å². The minimum absolute atomic E-state index is 0.219. The lowest BCUT2D eigenvalue weighted by Crippen LogP contribution is -2.21. The Labute approximate surface area is 110 Å². The highest BCUT2D eigenvalue weighted by atomic mass is 16.2. The molecule has 19 heavy (non-hydrogen) atoms. The summed E-state index contributed by atoms with van der Waals surface area (Å²) in [7, 11) is 0. The van der Waals surface area contributed by atoms with Crippen LogP contribution in [-0.4, -0.2) is 34.2 Å². The highest BCUT2D eigenvalue weighted by Crippen LogP contribution is 2.28. The van der Waals surface area contributed by atoms with Crippen molar-refractivity contribution in [3.8, 4) is 0 Å². The summed E-state index contributed by atoms with van der Waals surface area (Å²) >= 11 is 0. The Morgan fingerprint density at radius 1 is 1.26 bits per heavy atom. The molecule has 2 aromatic rings. The van der Waals surface area contributed by atoms with Crippen molar-refractivity contribution in [2.75, 3.05) is 23.3 Å². The smallest absolute Gasteiger partial charge is 0.293 e. The number of benzene rings is 1. The lowest BCUT2D eigenvalue weighted by Gasteiger charge is -2.21. The first-order chi connectivity index (χ1) is 9.34. The van der Waals surface area contributed by atoms with Gasteiger partial charge in [0, 0.05) is 13.1 Å². The zero-order chi connectivity index (χ0) is 13.1. The second kappa shape index (κ2) is 5.09. The summed E-state index contributed by atoms with van der Waals surface area (Å²) in [5.41, 5.74) is 1.87. The van der Waals surface area contributed by atoms with E-state index in [1.165, 1.54) is 19.2 Å². The van der Waals surface area contributed by atoms with Gasteiger partial charge in [0.1, 0.15) is 6.33 Å². The van der Waals surface area contributed by atoms with Crippen LogP contribution in [0.25, 0.3) is 0 Å². The third kappa shape index (κ3) is 2.42. The molecule has 0 aliphatic carbocycles. The Kier molecular flexibility index (Phi) is 3.14. The fourth-order valence-corrected chi connectivity index (χ4v) is 2.31. The minimum atomic E-state index is -0.274. The average molecular weight is 257 g/mol. The number of H-pyrrole nitrogens is 1. The second-order valence-electron chi connectivity index (χ2n) is 4.50. The van der Waals surface area contributed by atoms with Crippen molar-refractivity contribution >= 4 is 17.3 Å². The minimum Gasteiger partial charge on any atom is -0.370 e. The first-order valence-corrected chi connectivity index (χ1v) is 6.35. The van der Waals surface area contributed by atoms with Gasteiger partial charge in [-0.2, -0.15) is 5.10 Å². The zero-order valence-corrected chi connectivity index (χ0v) is 10.5. The molecule has 0 spiro atoms. The summed E-state index contributed by atoms with van der Waals surface area (Å²) in [6.45, 7) is 2.07. The summed E-state index contributed by atoms with van der Waals surface area (Å²) in [6, 6.07) is 7.83. The molecule has 0 bridgehead atoms. The molecule has 0 radical (unpaired) electrons. The van der Waals surface area contributed by atoms with Crippen LogP contribution in [0.2, 0.25) is 0 Å². The normalized spacial score (nSPS) is 14.6. The van der Waals surface area contributed by atoms with E-state index in [2.05, 4.69) is 25.4 Å². The molecule has 1 fully saturated rings. The topological polar surface area (TPSA) is 73.9 Å². The fourth-order valence-electron chi connectivity index (χ4n) is 2.31. The SMILES string of the molecule is O=C(Nc1ccccc1N1CCCC1)c1ncn[nH]1. The highest BCUT2D eigenvalue weighted by Gasteiger charge is 2.17. The van der Waals surface area contributed by atoms with Crippen molar-refractivity contribution in [1.82, 2.24) is 15.2 Å². The first-order valence-electron chi connectivity index (χ1n) is 6.35. The summed E-state index contributed by atoms with van der Waals surface area (Å²) in [5.74, 6) is -0.0552. The molecule has 6 heteroatoms. The summed E-state index contributed by atoms with van der Waals surface area (Å²) in [4.78, 5) is 18.1. The molecule has 1 aliphatic rings. The van der Waals surface area contributed by atoms with E-state index < -0.39 is 0 Å². The van der Waals surface area contributed by atoms with Crippen LogP contribution < -0.4 is 10.2 Å². The van der Waals surface area contributed by atoms with Gasteiger partial charge in [0.25, 0.3) is 5.91 Å². The van der Waals surface area contributed by atoms with E-state index in [-0.39, 0.29) is 11.7 Å². The van der Waals surface area contributed by atoms with E-state index in [4.69, 9.17) is 0 Å². The molecular formula is C13H15N5O. The molecule has 1 amide bonds. The summed E-state index contributed by atoms with van der Waals surface area (Å²) in [5, 5.41) is 9.11. The van der Waals surface area contributed by atoms with E-state index in [9.17, 15) is 4.79 Å². The lowest BCUT2D eigenvalue weighted by molar-refractivity contribution is 0.101. The largest absolute Gasteiger partial charge is 0.370 e. The van der Waals surface area contributed by atoms with Crippen LogP contribution in [0.4, 0.5) is 11.4 Å². The lowest BCUT2D eigenvalue weighted by atomic mass is 10.2. The molecule has 0 unspecified atom stereocenters. The second-order valence-corrected chi connectivity index (χ2v) is 4.50. The zero-order valence-electron chi connectivity index (χ0n) is 10.5. The van der Waals surface area contributed by atoms with Crippen LogP contribution >= 0.6 is 0 Å². The maximum absolute atomic E-state index is 12.0. The van der Waals surface area contributed by atoms with Gasteiger partial charge in [-0.25, -0.2) is 4.98 Å². The van der Waals surface area contributed by atoms with Gasteiger partial charge < -0.3 is 10.2 Å². The molecule has 1 aromatic carbocycles. The number of carbonyl (C=O) groups excluding carboxylic acids is 1. The van der Waals surface area contributed by atoms with Crippen molar-refractivity contribution in [3.63, 3.8) is 0 Å². The van der Waals surface area contributed by atoms with Gasteiger partial charge in [0.15, 0.2) is 0 Å². The van der Waals surface area contributed by atoms with E-state index in [0.29, 0.717) is 0 Å². The average Bonchev–Trinajstić information content (AvgIpc) is 3.13. The van der Waals surface area contributed by atoms with E-state index in [1.807, 2.05) is 24.3 Å². The van der Waals surface area contributed by atoms with Crippen LogP contribution in [0.1, 0.15) is 23.5 Å². The van der Waals surface area contributed by atoms with E-state index in [0.717, 1.165) is 24.5 Å². The standard InChI is InChI=1S/C13H15N5O/c19-13(12-14-9-15-17-12)16-10-5-1-2-6-11(10)18-7-3-4-8-18/h1-2,5-6,9H,3-4,7-8H2,(H,16,19)(H,14,15,17). The number of aromatic nitrogens is 3. The van der Waals surface area contributed by atoms with Crippen LogP contribution in [0.5, 0.6) is 0 Å². The Morgan fingerprint density at radius 2 is 2.05 bits per heavy atom. The summed E-state index contributed by atoms with van der Waals surface area (Å²) < 4.78 is 0. The van der Waals surface area contributed by atoms with Crippen LogP contribution in [0.15, 0.2) is 30.6 Å². The van der Waals surface area contributed by atoms with E-state index in [1.54, 1.807) is 0 Å². The maximum atomic E-state index is 12.0. The number of hydrogen-bond acceptors (Lipinski definition) is 4. The van der Waals surface area contributed by atoms with Gasteiger partial charge in [0.05, 0.1) is 11.4 Å². The number of aromatic amines is 1. The van der Waals surface area contributed by atoms with Crippen molar-refractivity contribution in [2.45, 2.75) is 12.8 Å². The molecule has 1 saturated heterocycles. The number of amides is 1. The Balaban J connectivity index is 1.82. The number of anilines is 2. The molecule has 0 saturated carbocycles. The van der Waals surface area contributed by atoms with Gasteiger partial charge in [-0.3, -0.25) is 9.89 Å². The van der Waals surface area contributed by atoms with Crippen LogP contribution in [0, 0.1) is 0 Å². The Bertz CT molecular complexity index is 560. The highest BCUT2D eigenvalue weighted by molar-refractivity contribution is 6.03. The molecule has 98 valence electrons. The number of carbonyl (C=O) groups is 1. The Hall–Kier alpha value is -2.37. The van der Waals surface area contributed by atoms with Gasteiger partial charge in [-0.15, -0.1) is 0 Å². The number of nitrogens with zero attached hydrogens (tertiary/aromatic N) is 3. The molecular weight excluding hydrogens is 242 g/mol. The molecule has 0 atom stereocenters. The maximum Gasteiger partial charge on any atom is 0.293 e. The molecule has 3 rings (SSSR count). The van der Waals surface area contributed by atoms with Gasteiger partial charge in [-0.1, -0.05) is 12.1 Å². The monoisotopic (exact) mass is 257 g/mol. The fraction of sp³-hybridized carbons (Fsp3) is 0.308. The van der Waals surface area contributed by atoms with Crippen molar-refractivity contribution in [2.24, 2.45) is 0 Å². The van der Waals surface area contributed by atoms with Crippen molar-refractivity contribution < 1.29 is 4.79 Å². The molecule has 6 nitrogen and oxygen atoms in total. The van der Waals surface area contributed by atoms with E-state index >= 15 is 0 Å². The van der Waals surface area contributed by atoms with Crippen LogP contribution in [0.3, 0.4) is 0 Å². The van der Waals surface area contributed by atoms with Crippen molar-refractivity contribution in [3.05, 3.63) is 36.4 Å². The first kappa shape index (κ1) is 11.7. The van der Waals surface area contributed by atoms with Gasteiger partial charge in [0.2, 0.25) is 5.82 Å². The predicted molar refractivity (Wildman–Crippen MR) is 72.2 cm³/mol. The third-order valence-electron chi connectivity index (χ3n) is 3.23. The number of nitrogens with one attached hydrogen (secondary N) is 2. The number of hydrogen-bond donors (Lipinski definition) is 2. The van der Waals surface area contributed by atoms with Gasteiger partial charge >= 0.3 is 0 Å². The summed E-state index contributed by atoms with van der Waals surface area (Å²) in [6.07, 6.45) is 3.72. The van der Waals surface area contributed by atoms with Crippen molar-refractivity contribution in [1.29, 1.82) is 0 Å². The third-order valence-corrected chi connectivity index (χ3v) is 3.23. The quantitative estimate of drug-likeness (QED) is 0.877. The predicted octanol–water partition coefficient (Wildman–Crippen LogP) is 1.66. The number of para-hydroxylation sites is 2. The molecule has 2 N–H and O–H groups in total. The van der Waals surface area contributed by atoms with Gasteiger partial charge in [-0.05, 0) is 25.0 Å².